The average molecular weight is 314 g/mol. The third-order valence-electron chi connectivity index (χ3n) is 2.82. The summed E-state index contributed by atoms with van der Waals surface area (Å²) in [6.07, 6.45) is 0. The zero-order chi connectivity index (χ0) is 13.4. The molecule has 0 saturated heterocycles. The van der Waals surface area contributed by atoms with Crippen molar-refractivity contribution < 1.29 is 9.18 Å². The van der Waals surface area contributed by atoms with Crippen LogP contribution in [0.4, 0.5) is 9.18 Å². The van der Waals surface area contributed by atoms with Crippen molar-refractivity contribution >= 4 is 27.8 Å². The lowest BCUT2D eigenvalue weighted by Crippen LogP contribution is -2.38. The van der Waals surface area contributed by atoms with Gasteiger partial charge in [-0.1, -0.05) is 6.07 Å². The summed E-state index contributed by atoms with van der Waals surface area (Å²) in [5.74, 6) is -0.109. The largest absolute Gasteiger partial charge is 0.385 e. The molecule has 1 heterocycles. The molecule has 0 fully saturated rings. The van der Waals surface area contributed by atoms with Gasteiger partial charge in [-0.25, -0.2) is 9.18 Å². The van der Waals surface area contributed by atoms with Crippen LogP contribution < -0.4 is 5.73 Å². The molecule has 2 N–H and O–H groups in total. The molecular weight excluding hydrogens is 301 g/mol. The lowest BCUT2D eigenvalue weighted by Gasteiger charge is -2.28. The number of rotatable bonds is 2. The number of urea groups is 1. The van der Waals surface area contributed by atoms with E-state index in [1.54, 1.807) is 17.0 Å². The van der Waals surface area contributed by atoms with Gasteiger partial charge in [0.05, 0.1) is 4.47 Å². The van der Waals surface area contributed by atoms with Crippen LogP contribution in [0.5, 0.6) is 0 Å². The maximum absolute atomic E-state index is 13.2. The van der Waals surface area contributed by atoms with Crippen LogP contribution in [0.2, 0.25) is 0 Å². The maximum Gasteiger partial charge on any atom is 0.346 e. The molecule has 4 nitrogen and oxygen atoms in total. The van der Waals surface area contributed by atoms with E-state index >= 15 is 0 Å². The molecule has 0 radical (unpaired) electrons. The molecule has 2 amide bonds. The number of carbonyl (C=O) groups is 1. The Bertz CT molecular complexity index is 530. The van der Waals surface area contributed by atoms with E-state index in [2.05, 4.69) is 20.9 Å². The molecular formula is C12H13BrFN3O. The van der Waals surface area contributed by atoms with Gasteiger partial charge in [0, 0.05) is 6.04 Å². The van der Waals surface area contributed by atoms with E-state index in [4.69, 9.17) is 5.73 Å². The fraction of sp³-hybridized carbons (Fsp3) is 0.333. The van der Waals surface area contributed by atoms with Gasteiger partial charge in [-0.3, -0.25) is 0 Å². The number of benzene rings is 1. The molecule has 1 aliphatic heterocycles. The van der Waals surface area contributed by atoms with Crippen molar-refractivity contribution in [3.05, 3.63) is 34.1 Å². The number of halogens is 2. The topological polar surface area (TPSA) is 58.7 Å². The first kappa shape index (κ1) is 13.0. The zero-order valence-corrected chi connectivity index (χ0v) is 11.6. The molecule has 96 valence electrons. The maximum atomic E-state index is 13.2. The Hall–Kier alpha value is -1.43. The lowest BCUT2D eigenvalue weighted by atomic mass is 10.0. The summed E-state index contributed by atoms with van der Waals surface area (Å²) in [4.78, 5) is 17.1. The minimum atomic E-state index is -0.422. The van der Waals surface area contributed by atoms with Crippen molar-refractivity contribution in [2.24, 2.45) is 10.7 Å². The number of carbonyl (C=O) groups excluding carboxylic acids is 1. The van der Waals surface area contributed by atoms with Crippen LogP contribution in [0.1, 0.15) is 25.5 Å². The molecule has 0 aliphatic carbocycles. The van der Waals surface area contributed by atoms with Crippen LogP contribution in [0.25, 0.3) is 0 Å². The Kier molecular flexibility index (Phi) is 3.38. The first-order valence-corrected chi connectivity index (χ1v) is 6.32. The highest BCUT2D eigenvalue weighted by Gasteiger charge is 2.36. The highest BCUT2D eigenvalue weighted by molar-refractivity contribution is 9.10. The number of aliphatic imine (C=N–C) groups is 1. The highest BCUT2D eigenvalue weighted by atomic mass is 79.9. The summed E-state index contributed by atoms with van der Waals surface area (Å²) in [5, 5.41) is 0. The monoisotopic (exact) mass is 313 g/mol. The van der Waals surface area contributed by atoms with E-state index in [1.165, 1.54) is 6.07 Å². The summed E-state index contributed by atoms with van der Waals surface area (Å²) in [7, 11) is 0. The minimum Gasteiger partial charge on any atom is -0.385 e. The Balaban J connectivity index is 2.44. The fourth-order valence-corrected chi connectivity index (χ4v) is 2.41. The van der Waals surface area contributed by atoms with Gasteiger partial charge in [0.1, 0.15) is 17.7 Å². The van der Waals surface area contributed by atoms with Crippen molar-refractivity contribution in [2.45, 2.75) is 25.9 Å². The number of amidine groups is 1. The van der Waals surface area contributed by atoms with E-state index in [0.29, 0.717) is 4.47 Å². The van der Waals surface area contributed by atoms with E-state index in [0.717, 1.165) is 5.56 Å². The zero-order valence-electron chi connectivity index (χ0n) is 10.0. The number of nitrogens with zero attached hydrogens (tertiary/aromatic N) is 2. The normalized spacial score (nSPS) is 19.6. The van der Waals surface area contributed by atoms with Crippen molar-refractivity contribution in [1.82, 2.24) is 4.90 Å². The van der Waals surface area contributed by atoms with E-state index in [1.807, 2.05) is 13.8 Å². The molecule has 1 atom stereocenters. The smallest absolute Gasteiger partial charge is 0.346 e. The molecule has 2 rings (SSSR count). The van der Waals surface area contributed by atoms with Gasteiger partial charge < -0.3 is 10.6 Å². The number of amides is 2. The Morgan fingerprint density at radius 3 is 2.72 bits per heavy atom. The predicted molar refractivity (Wildman–Crippen MR) is 70.8 cm³/mol. The first-order valence-electron chi connectivity index (χ1n) is 5.53. The third kappa shape index (κ3) is 2.12. The summed E-state index contributed by atoms with van der Waals surface area (Å²) in [6.45, 7) is 3.77. The highest BCUT2D eigenvalue weighted by Crippen LogP contribution is 2.31. The standard InChI is InChI=1S/C12H13BrFN3O/c1-6(2)17-10(11(15)16-12(17)18)7-3-4-9(14)8(13)5-7/h3-6,10H,1-2H3,(H2,15,16,18). The van der Waals surface area contributed by atoms with E-state index < -0.39 is 6.04 Å². The third-order valence-corrected chi connectivity index (χ3v) is 3.43. The van der Waals surface area contributed by atoms with Gasteiger partial charge in [-0.2, -0.15) is 4.99 Å². The van der Waals surface area contributed by atoms with Gasteiger partial charge >= 0.3 is 6.03 Å². The molecule has 1 unspecified atom stereocenters. The van der Waals surface area contributed by atoms with Crippen molar-refractivity contribution in [3.8, 4) is 0 Å². The Labute approximate surface area is 113 Å². The van der Waals surface area contributed by atoms with Crippen molar-refractivity contribution in [3.63, 3.8) is 0 Å². The van der Waals surface area contributed by atoms with Crippen LogP contribution in [0.15, 0.2) is 27.7 Å². The SMILES string of the molecule is CC(C)N1C(=O)N=C(N)C1c1ccc(F)c(Br)c1. The molecule has 1 aromatic rings. The molecule has 6 heteroatoms. The van der Waals surface area contributed by atoms with Crippen molar-refractivity contribution in [1.29, 1.82) is 0 Å². The molecule has 1 aliphatic rings. The molecule has 0 bridgehead atoms. The van der Waals surface area contributed by atoms with Crippen molar-refractivity contribution in [2.75, 3.05) is 0 Å². The Morgan fingerprint density at radius 1 is 1.50 bits per heavy atom. The van der Waals surface area contributed by atoms with Crippen LogP contribution in [-0.2, 0) is 0 Å². The Morgan fingerprint density at radius 2 is 2.17 bits per heavy atom. The molecule has 0 aromatic heterocycles. The van der Waals surface area contributed by atoms with Crippen LogP contribution in [-0.4, -0.2) is 22.8 Å². The summed E-state index contributed by atoms with van der Waals surface area (Å²) >= 11 is 3.13. The van der Waals surface area contributed by atoms with Gasteiger partial charge in [0.25, 0.3) is 0 Å². The van der Waals surface area contributed by atoms with Gasteiger partial charge in [0.2, 0.25) is 0 Å². The van der Waals surface area contributed by atoms with Gasteiger partial charge in [0.15, 0.2) is 0 Å². The number of hydrogen-bond acceptors (Lipinski definition) is 2. The fourth-order valence-electron chi connectivity index (χ4n) is 2.02. The summed E-state index contributed by atoms with van der Waals surface area (Å²) in [5.41, 5.74) is 6.54. The molecule has 0 spiro atoms. The van der Waals surface area contributed by atoms with Gasteiger partial charge in [-0.15, -0.1) is 0 Å². The van der Waals surface area contributed by atoms with E-state index in [9.17, 15) is 9.18 Å². The van der Waals surface area contributed by atoms with Crippen LogP contribution in [0.3, 0.4) is 0 Å². The van der Waals surface area contributed by atoms with Crippen LogP contribution >= 0.6 is 15.9 Å². The number of hydrogen-bond donors (Lipinski definition) is 1. The first-order chi connectivity index (χ1) is 8.41. The predicted octanol–water partition coefficient (Wildman–Crippen LogP) is 2.83. The summed E-state index contributed by atoms with van der Waals surface area (Å²) in [6, 6.07) is 3.77. The van der Waals surface area contributed by atoms with Crippen LogP contribution in [0, 0.1) is 5.82 Å². The second-order valence-electron chi connectivity index (χ2n) is 4.40. The second-order valence-corrected chi connectivity index (χ2v) is 5.25. The quantitative estimate of drug-likeness (QED) is 0.912. The molecule has 0 saturated carbocycles. The minimum absolute atomic E-state index is 0.0314. The van der Waals surface area contributed by atoms with E-state index in [-0.39, 0.29) is 23.7 Å². The lowest BCUT2D eigenvalue weighted by molar-refractivity contribution is 0.190. The molecule has 18 heavy (non-hydrogen) atoms. The molecule has 1 aromatic carbocycles. The van der Waals surface area contributed by atoms with Gasteiger partial charge in [-0.05, 0) is 47.5 Å². The second kappa shape index (κ2) is 4.68. The average Bonchev–Trinajstić information content (AvgIpc) is 2.57. The number of nitrogens with two attached hydrogens (primary N) is 1. The summed E-state index contributed by atoms with van der Waals surface area (Å²) < 4.78 is 13.6.